The van der Waals surface area contributed by atoms with Gasteiger partial charge in [-0.3, -0.25) is 9.48 Å². The molecule has 2 N–H and O–H groups in total. The van der Waals surface area contributed by atoms with Crippen LogP contribution in [0.2, 0.25) is 0 Å². The zero-order chi connectivity index (χ0) is 18.7. The van der Waals surface area contributed by atoms with E-state index in [1.807, 2.05) is 49.5 Å². The van der Waals surface area contributed by atoms with Crippen molar-refractivity contribution in [3.8, 4) is 11.4 Å². The summed E-state index contributed by atoms with van der Waals surface area (Å²) in [6.07, 6.45) is 6.71. The second kappa shape index (κ2) is 8.50. The number of anilines is 1. The summed E-state index contributed by atoms with van der Waals surface area (Å²) in [4.78, 5) is 22.0. The third kappa shape index (κ3) is 3.90. The van der Waals surface area contributed by atoms with Crippen molar-refractivity contribution in [3.63, 3.8) is 0 Å². The van der Waals surface area contributed by atoms with E-state index in [4.69, 9.17) is 0 Å². The van der Waals surface area contributed by atoms with E-state index in [-0.39, 0.29) is 18.3 Å². The topological polar surface area (TPSA) is 84.7 Å². The highest BCUT2D eigenvalue weighted by Crippen LogP contribution is 2.29. The molecule has 3 heterocycles. The van der Waals surface area contributed by atoms with Crippen LogP contribution >= 0.6 is 12.4 Å². The summed E-state index contributed by atoms with van der Waals surface area (Å²) in [7, 11) is 0. The highest BCUT2D eigenvalue weighted by atomic mass is 35.5. The first-order valence-corrected chi connectivity index (χ1v) is 9.10. The Morgan fingerprint density at radius 3 is 2.71 bits per heavy atom. The van der Waals surface area contributed by atoms with Crippen molar-refractivity contribution >= 4 is 24.0 Å². The number of piperidine rings is 1. The minimum absolute atomic E-state index is 0. The maximum Gasteiger partial charge on any atom is 0.252 e. The molecule has 7 nitrogen and oxygen atoms in total. The van der Waals surface area contributed by atoms with Crippen LogP contribution in [0.5, 0.6) is 0 Å². The van der Waals surface area contributed by atoms with Gasteiger partial charge in [-0.2, -0.15) is 5.10 Å². The van der Waals surface area contributed by atoms with E-state index in [2.05, 4.69) is 25.7 Å². The zero-order valence-electron chi connectivity index (χ0n) is 15.6. The van der Waals surface area contributed by atoms with Crippen LogP contribution in [0, 0.1) is 6.92 Å². The molecule has 3 aromatic rings. The number of benzene rings is 1. The highest BCUT2D eigenvalue weighted by molar-refractivity contribution is 5.97. The lowest BCUT2D eigenvalue weighted by Crippen LogP contribution is -2.52. The molecule has 1 aliphatic rings. The van der Waals surface area contributed by atoms with Crippen LogP contribution in [-0.4, -0.2) is 38.7 Å². The molecule has 28 heavy (non-hydrogen) atoms. The lowest BCUT2D eigenvalue weighted by atomic mass is 9.87. The average molecular weight is 399 g/mol. The van der Waals surface area contributed by atoms with Crippen LogP contribution < -0.4 is 10.6 Å². The second-order valence-electron chi connectivity index (χ2n) is 6.79. The van der Waals surface area contributed by atoms with Gasteiger partial charge >= 0.3 is 0 Å². The number of halogens is 1. The largest absolute Gasteiger partial charge is 0.324 e. The Hall–Kier alpha value is -2.77. The van der Waals surface area contributed by atoms with E-state index in [0.29, 0.717) is 18.7 Å². The first kappa shape index (κ1) is 20.0. The molecule has 2 aromatic heterocycles. The average Bonchev–Trinajstić information content (AvgIpc) is 3.24. The fraction of sp³-hybridized carbons (Fsp3) is 0.300. The molecule has 1 aliphatic heterocycles. The summed E-state index contributed by atoms with van der Waals surface area (Å²) in [6.45, 7) is 3.50. The zero-order valence-corrected chi connectivity index (χ0v) is 16.4. The van der Waals surface area contributed by atoms with Crippen LogP contribution in [0.15, 0.2) is 55.0 Å². The van der Waals surface area contributed by atoms with Crippen LogP contribution in [-0.2, 0) is 10.3 Å². The fourth-order valence-electron chi connectivity index (χ4n) is 3.49. The summed E-state index contributed by atoms with van der Waals surface area (Å²) in [5, 5.41) is 10.8. The molecular formula is C20H23ClN6O. The molecule has 0 unspecified atom stereocenters. The fourth-order valence-corrected chi connectivity index (χ4v) is 3.49. The number of hydrogen-bond donors (Lipinski definition) is 2. The SMILES string of the molecule is Cc1ccnc(-c2cccc(NC(=O)C3(n4cccn4)CCNCC3)c2)n1.Cl. The van der Waals surface area contributed by atoms with Crippen molar-refractivity contribution in [2.24, 2.45) is 0 Å². The van der Waals surface area contributed by atoms with Gasteiger partial charge in [0.05, 0.1) is 0 Å². The lowest BCUT2D eigenvalue weighted by molar-refractivity contribution is -0.126. The molecule has 0 bridgehead atoms. The Kier molecular flexibility index (Phi) is 6.06. The molecule has 1 aromatic carbocycles. The van der Waals surface area contributed by atoms with Gasteiger partial charge < -0.3 is 10.6 Å². The number of carbonyl (C=O) groups is 1. The van der Waals surface area contributed by atoms with Gasteiger partial charge in [0.15, 0.2) is 5.82 Å². The Bertz CT molecular complexity index is 937. The minimum atomic E-state index is -0.676. The van der Waals surface area contributed by atoms with E-state index in [1.165, 1.54) is 0 Å². The molecule has 8 heteroatoms. The van der Waals surface area contributed by atoms with Crippen molar-refractivity contribution < 1.29 is 4.79 Å². The second-order valence-corrected chi connectivity index (χ2v) is 6.79. The van der Waals surface area contributed by atoms with E-state index in [1.54, 1.807) is 17.1 Å². The number of rotatable bonds is 4. The summed E-state index contributed by atoms with van der Waals surface area (Å²) < 4.78 is 1.79. The molecule has 0 spiro atoms. The van der Waals surface area contributed by atoms with E-state index in [0.717, 1.165) is 30.0 Å². The van der Waals surface area contributed by atoms with Gasteiger partial charge in [0.25, 0.3) is 5.91 Å². The van der Waals surface area contributed by atoms with Crippen molar-refractivity contribution in [2.75, 3.05) is 18.4 Å². The number of aryl methyl sites for hydroxylation is 1. The third-order valence-electron chi connectivity index (χ3n) is 4.97. The summed E-state index contributed by atoms with van der Waals surface area (Å²) >= 11 is 0. The van der Waals surface area contributed by atoms with Crippen LogP contribution in [0.3, 0.4) is 0 Å². The molecular weight excluding hydrogens is 376 g/mol. The normalized spacial score (nSPS) is 15.5. The molecule has 1 amide bonds. The van der Waals surface area contributed by atoms with Gasteiger partial charge in [-0.25, -0.2) is 9.97 Å². The Morgan fingerprint density at radius 2 is 2.00 bits per heavy atom. The molecule has 0 radical (unpaired) electrons. The number of hydrogen-bond acceptors (Lipinski definition) is 5. The van der Waals surface area contributed by atoms with Crippen molar-refractivity contribution in [3.05, 3.63) is 60.7 Å². The van der Waals surface area contributed by atoms with Crippen molar-refractivity contribution in [2.45, 2.75) is 25.3 Å². The molecule has 1 fully saturated rings. The smallest absolute Gasteiger partial charge is 0.252 e. The third-order valence-corrected chi connectivity index (χ3v) is 4.97. The molecule has 0 saturated carbocycles. The number of nitrogens with zero attached hydrogens (tertiary/aromatic N) is 4. The maximum absolute atomic E-state index is 13.3. The van der Waals surface area contributed by atoms with E-state index >= 15 is 0 Å². The van der Waals surface area contributed by atoms with Gasteiger partial charge in [0.2, 0.25) is 0 Å². The predicted octanol–water partition coefficient (Wildman–Crippen LogP) is 2.79. The predicted molar refractivity (Wildman–Crippen MR) is 110 cm³/mol. The van der Waals surface area contributed by atoms with Crippen LogP contribution in [0.4, 0.5) is 5.69 Å². The molecule has 1 saturated heterocycles. The van der Waals surface area contributed by atoms with Gasteiger partial charge in [-0.05, 0) is 57.1 Å². The first-order chi connectivity index (χ1) is 13.2. The highest BCUT2D eigenvalue weighted by Gasteiger charge is 2.42. The maximum atomic E-state index is 13.3. The summed E-state index contributed by atoms with van der Waals surface area (Å²) in [5.41, 5.74) is 1.83. The monoisotopic (exact) mass is 398 g/mol. The number of amides is 1. The summed E-state index contributed by atoms with van der Waals surface area (Å²) in [5.74, 6) is 0.602. The molecule has 146 valence electrons. The van der Waals surface area contributed by atoms with Crippen molar-refractivity contribution in [1.82, 2.24) is 25.1 Å². The molecule has 0 atom stereocenters. The Labute approximate surface area is 170 Å². The Morgan fingerprint density at radius 1 is 1.18 bits per heavy atom. The van der Waals surface area contributed by atoms with Gasteiger partial charge in [-0.15, -0.1) is 12.4 Å². The van der Waals surface area contributed by atoms with E-state index in [9.17, 15) is 4.79 Å². The van der Waals surface area contributed by atoms with E-state index < -0.39 is 5.54 Å². The van der Waals surface area contributed by atoms with Gasteiger partial charge in [0.1, 0.15) is 5.54 Å². The number of carbonyl (C=O) groups excluding carboxylic acids is 1. The Balaban J connectivity index is 0.00000225. The minimum Gasteiger partial charge on any atom is -0.324 e. The quantitative estimate of drug-likeness (QED) is 0.705. The number of nitrogens with one attached hydrogen (secondary N) is 2. The van der Waals surface area contributed by atoms with Crippen molar-refractivity contribution in [1.29, 1.82) is 0 Å². The summed E-state index contributed by atoms with van der Waals surface area (Å²) in [6, 6.07) is 11.4. The van der Waals surface area contributed by atoms with Gasteiger partial charge in [0, 0.05) is 35.5 Å². The van der Waals surface area contributed by atoms with Crippen LogP contribution in [0.1, 0.15) is 18.5 Å². The molecule has 4 rings (SSSR count). The first-order valence-electron chi connectivity index (χ1n) is 9.10. The lowest BCUT2D eigenvalue weighted by Gasteiger charge is -2.36. The van der Waals surface area contributed by atoms with Crippen LogP contribution in [0.25, 0.3) is 11.4 Å². The standard InChI is InChI=1S/C20H22N6O.ClH/c1-15-6-10-22-18(24-15)16-4-2-5-17(14-16)25-19(27)20(7-11-21-12-8-20)26-13-3-9-23-26;/h2-6,9-10,13-14,21H,7-8,11-12H2,1H3,(H,25,27);1H. The molecule has 0 aliphatic carbocycles. The number of aromatic nitrogens is 4. The van der Waals surface area contributed by atoms with Gasteiger partial charge in [-0.1, -0.05) is 12.1 Å².